The van der Waals surface area contributed by atoms with Crippen molar-refractivity contribution in [3.63, 3.8) is 0 Å². The first-order chi connectivity index (χ1) is 7.56. The van der Waals surface area contributed by atoms with E-state index in [-0.39, 0.29) is 13.2 Å². The van der Waals surface area contributed by atoms with Crippen LogP contribution >= 0.6 is 0 Å². The Morgan fingerprint density at radius 3 is 2.69 bits per heavy atom. The molecule has 0 aliphatic rings. The Morgan fingerprint density at radius 2 is 2.19 bits per heavy atom. The van der Waals surface area contributed by atoms with Gasteiger partial charge in [0.1, 0.15) is 6.61 Å². The summed E-state index contributed by atoms with van der Waals surface area (Å²) in [5.74, 6) is -0.481. The van der Waals surface area contributed by atoms with E-state index in [1.54, 1.807) is 18.2 Å². The molecule has 0 atom stereocenters. The number of aliphatic hydroxyl groups is 1. The number of carbonyl (C=O) groups is 1. The molecule has 0 aromatic heterocycles. The predicted molar refractivity (Wildman–Crippen MR) is 62.5 cm³/mol. The number of carbonyl (C=O) groups excluding carboxylic acids is 1. The molecule has 0 fully saturated rings. The van der Waals surface area contributed by atoms with E-state index in [2.05, 4.69) is 0 Å². The van der Waals surface area contributed by atoms with Gasteiger partial charge in [-0.25, -0.2) is 4.79 Å². The van der Waals surface area contributed by atoms with Crippen LogP contribution in [0.3, 0.4) is 0 Å². The summed E-state index contributed by atoms with van der Waals surface area (Å²) in [6, 6.07) is 4.96. The largest absolute Gasteiger partial charge is 0.460 e. The molecule has 0 saturated heterocycles. The average molecular weight is 224 g/mol. The van der Waals surface area contributed by atoms with Crippen molar-refractivity contribution in [3.8, 4) is 0 Å². The Hall–Kier alpha value is -1.75. The molecular weight excluding hydrogens is 208 g/mol. The summed E-state index contributed by atoms with van der Waals surface area (Å²) in [6.45, 7) is -0.189. The Balaban J connectivity index is 2.84. The van der Waals surface area contributed by atoms with Crippen LogP contribution in [-0.2, 0) is 4.74 Å². The first kappa shape index (κ1) is 12.3. The second-order valence-corrected chi connectivity index (χ2v) is 3.53. The minimum absolute atomic E-state index is 0.00578. The van der Waals surface area contributed by atoms with Crippen molar-refractivity contribution >= 4 is 17.3 Å². The topological polar surface area (TPSA) is 75.8 Å². The number of anilines is 2. The highest BCUT2D eigenvalue weighted by atomic mass is 16.5. The molecule has 88 valence electrons. The first-order valence-electron chi connectivity index (χ1n) is 4.91. The molecule has 1 rings (SSSR count). The van der Waals surface area contributed by atoms with Crippen LogP contribution in [-0.4, -0.2) is 38.4 Å². The third-order valence-electron chi connectivity index (χ3n) is 2.07. The lowest BCUT2D eigenvalue weighted by atomic mass is 10.1. The zero-order valence-corrected chi connectivity index (χ0v) is 9.43. The zero-order valence-electron chi connectivity index (χ0n) is 9.43. The summed E-state index contributed by atoms with van der Waals surface area (Å²) in [6.07, 6.45) is 0. The van der Waals surface area contributed by atoms with Crippen LogP contribution < -0.4 is 10.6 Å². The van der Waals surface area contributed by atoms with E-state index >= 15 is 0 Å². The SMILES string of the molecule is CN(C)c1ccc(C(=O)OCCO)cc1N. The molecule has 0 saturated carbocycles. The molecule has 16 heavy (non-hydrogen) atoms. The smallest absolute Gasteiger partial charge is 0.338 e. The van der Waals surface area contributed by atoms with Gasteiger partial charge in [0, 0.05) is 14.1 Å². The highest BCUT2D eigenvalue weighted by Crippen LogP contribution is 2.22. The van der Waals surface area contributed by atoms with E-state index in [1.807, 2.05) is 19.0 Å². The maximum atomic E-state index is 11.4. The molecule has 0 aliphatic carbocycles. The summed E-state index contributed by atoms with van der Waals surface area (Å²) >= 11 is 0. The molecule has 0 radical (unpaired) electrons. The summed E-state index contributed by atoms with van der Waals surface area (Å²) < 4.78 is 4.77. The third-order valence-corrected chi connectivity index (χ3v) is 2.07. The summed E-state index contributed by atoms with van der Waals surface area (Å²) in [7, 11) is 3.74. The van der Waals surface area contributed by atoms with E-state index in [1.165, 1.54) is 0 Å². The molecule has 0 spiro atoms. The van der Waals surface area contributed by atoms with Gasteiger partial charge in [-0.3, -0.25) is 0 Å². The Labute approximate surface area is 94.4 Å². The van der Waals surface area contributed by atoms with Crippen LogP contribution in [0.4, 0.5) is 11.4 Å². The molecule has 0 bridgehead atoms. The second-order valence-electron chi connectivity index (χ2n) is 3.53. The summed E-state index contributed by atoms with van der Waals surface area (Å²) in [5, 5.41) is 8.52. The first-order valence-corrected chi connectivity index (χ1v) is 4.91. The third kappa shape index (κ3) is 2.87. The number of esters is 1. The summed E-state index contributed by atoms with van der Waals surface area (Å²) in [4.78, 5) is 13.3. The van der Waals surface area contributed by atoms with Gasteiger partial charge in [0.2, 0.25) is 0 Å². The maximum Gasteiger partial charge on any atom is 0.338 e. The van der Waals surface area contributed by atoms with Crippen molar-refractivity contribution < 1.29 is 14.6 Å². The van der Waals surface area contributed by atoms with Gasteiger partial charge in [-0.15, -0.1) is 0 Å². The Bertz CT molecular complexity index is 377. The average Bonchev–Trinajstić information content (AvgIpc) is 2.25. The van der Waals surface area contributed by atoms with Crippen molar-refractivity contribution in [2.24, 2.45) is 0 Å². The molecule has 3 N–H and O–H groups in total. The summed E-state index contributed by atoms with van der Waals surface area (Å²) in [5.41, 5.74) is 7.54. The van der Waals surface area contributed by atoms with Crippen LogP contribution in [0.25, 0.3) is 0 Å². The number of nitrogens with zero attached hydrogens (tertiary/aromatic N) is 1. The lowest BCUT2D eigenvalue weighted by Crippen LogP contribution is -2.13. The van der Waals surface area contributed by atoms with Crippen molar-refractivity contribution in [3.05, 3.63) is 23.8 Å². The van der Waals surface area contributed by atoms with Gasteiger partial charge >= 0.3 is 5.97 Å². The standard InChI is InChI=1S/C11H16N2O3/c1-13(2)10-4-3-8(7-9(10)12)11(15)16-6-5-14/h3-4,7,14H,5-6,12H2,1-2H3. The number of hydrogen-bond donors (Lipinski definition) is 2. The number of benzene rings is 1. The van der Waals surface area contributed by atoms with Gasteiger partial charge in [-0.2, -0.15) is 0 Å². The number of rotatable bonds is 4. The fourth-order valence-corrected chi connectivity index (χ4v) is 1.31. The number of nitrogen functional groups attached to an aromatic ring is 1. The van der Waals surface area contributed by atoms with Crippen LogP contribution in [0.15, 0.2) is 18.2 Å². The van der Waals surface area contributed by atoms with Crippen molar-refractivity contribution in [2.75, 3.05) is 37.9 Å². The Kier molecular flexibility index (Phi) is 4.13. The molecule has 0 amide bonds. The highest BCUT2D eigenvalue weighted by Gasteiger charge is 2.09. The quantitative estimate of drug-likeness (QED) is 0.575. The van der Waals surface area contributed by atoms with E-state index in [9.17, 15) is 4.79 Å². The zero-order chi connectivity index (χ0) is 12.1. The molecule has 5 nitrogen and oxygen atoms in total. The fourth-order valence-electron chi connectivity index (χ4n) is 1.31. The van der Waals surface area contributed by atoms with Crippen molar-refractivity contribution in [1.29, 1.82) is 0 Å². The van der Waals surface area contributed by atoms with E-state index < -0.39 is 5.97 Å². The molecule has 0 aliphatic heterocycles. The molecule has 1 aromatic rings. The second kappa shape index (κ2) is 5.37. The van der Waals surface area contributed by atoms with Crippen LogP contribution in [0.1, 0.15) is 10.4 Å². The van der Waals surface area contributed by atoms with Crippen molar-refractivity contribution in [2.45, 2.75) is 0 Å². The van der Waals surface area contributed by atoms with Gasteiger partial charge in [-0.05, 0) is 18.2 Å². The van der Waals surface area contributed by atoms with E-state index in [0.29, 0.717) is 11.3 Å². The Morgan fingerprint density at radius 1 is 1.50 bits per heavy atom. The molecular formula is C11H16N2O3. The minimum atomic E-state index is -0.481. The lowest BCUT2D eigenvalue weighted by Gasteiger charge is -2.15. The lowest BCUT2D eigenvalue weighted by molar-refractivity contribution is 0.0434. The monoisotopic (exact) mass is 224 g/mol. The van der Waals surface area contributed by atoms with Gasteiger partial charge in [0.25, 0.3) is 0 Å². The number of hydrogen-bond acceptors (Lipinski definition) is 5. The normalized spacial score (nSPS) is 9.94. The predicted octanol–water partition coefficient (Wildman–Crippen LogP) is 0.484. The van der Waals surface area contributed by atoms with Gasteiger partial charge < -0.3 is 20.5 Å². The van der Waals surface area contributed by atoms with Crippen LogP contribution in [0.2, 0.25) is 0 Å². The van der Waals surface area contributed by atoms with E-state index in [0.717, 1.165) is 5.69 Å². The highest BCUT2D eigenvalue weighted by molar-refractivity contribution is 5.92. The molecule has 5 heteroatoms. The minimum Gasteiger partial charge on any atom is -0.460 e. The van der Waals surface area contributed by atoms with Crippen LogP contribution in [0, 0.1) is 0 Å². The van der Waals surface area contributed by atoms with E-state index in [4.69, 9.17) is 15.6 Å². The molecule has 1 aromatic carbocycles. The number of aliphatic hydroxyl groups excluding tert-OH is 1. The fraction of sp³-hybridized carbons (Fsp3) is 0.364. The van der Waals surface area contributed by atoms with Gasteiger partial charge in [0.15, 0.2) is 0 Å². The molecule has 0 heterocycles. The van der Waals surface area contributed by atoms with Gasteiger partial charge in [-0.1, -0.05) is 0 Å². The van der Waals surface area contributed by atoms with Gasteiger partial charge in [0.05, 0.1) is 23.5 Å². The number of ether oxygens (including phenoxy) is 1. The van der Waals surface area contributed by atoms with Crippen molar-refractivity contribution in [1.82, 2.24) is 0 Å². The molecule has 0 unspecified atom stereocenters. The maximum absolute atomic E-state index is 11.4. The van der Waals surface area contributed by atoms with Crippen LogP contribution in [0.5, 0.6) is 0 Å². The number of nitrogens with two attached hydrogens (primary N) is 1.